The van der Waals surface area contributed by atoms with Gasteiger partial charge >= 0.3 is 0 Å². The molecule has 0 aliphatic heterocycles. The van der Waals surface area contributed by atoms with Crippen LogP contribution in [-0.2, 0) is 4.79 Å². The van der Waals surface area contributed by atoms with Crippen molar-refractivity contribution in [2.75, 3.05) is 0 Å². The molecule has 0 heterocycles. The summed E-state index contributed by atoms with van der Waals surface area (Å²) in [6.45, 7) is 3.39. The maximum Gasteiger partial charge on any atom is 0.286 e. The summed E-state index contributed by atoms with van der Waals surface area (Å²) >= 11 is 0. The molecule has 1 aliphatic rings. The van der Waals surface area contributed by atoms with E-state index in [1.54, 1.807) is 54.6 Å². The predicted octanol–water partition coefficient (Wildman–Crippen LogP) is 6.66. The summed E-state index contributed by atoms with van der Waals surface area (Å²) in [5.41, 5.74) is 1.08. The number of nitro benzene ring substituents is 4. The molecule has 0 saturated heterocycles. The molecule has 4 rings (SSSR count). The first-order valence-electron chi connectivity index (χ1n) is 13.8. The SMILES string of the molecule is CC=O.CCC1=C=CC=C(C#Cc2cc([N+](=O)[O-])c(C#Cc3cc([N+](=O)[O-])c(C#Cc4ccccc4)cc3[N+](=O)[O-])cc2[N+](=O)[O-])C=C1. The van der Waals surface area contributed by atoms with Gasteiger partial charge in [-0.3, -0.25) is 40.5 Å². The van der Waals surface area contributed by atoms with Crippen LogP contribution in [-0.4, -0.2) is 26.0 Å². The van der Waals surface area contributed by atoms with Gasteiger partial charge in [0, 0.05) is 35.4 Å². The van der Waals surface area contributed by atoms with Gasteiger partial charge in [-0.05, 0) is 49.3 Å². The molecular formula is C35H22N4O9. The largest absolute Gasteiger partial charge is 0.304 e. The molecule has 0 amide bonds. The van der Waals surface area contributed by atoms with Gasteiger partial charge in [0.2, 0.25) is 0 Å². The van der Waals surface area contributed by atoms with E-state index in [0.29, 0.717) is 11.1 Å². The molecule has 0 N–H and O–H groups in total. The highest BCUT2D eigenvalue weighted by Crippen LogP contribution is 2.30. The smallest absolute Gasteiger partial charge is 0.286 e. The van der Waals surface area contributed by atoms with E-state index in [1.807, 2.05) is 6.92 Å². The summed E-state index contributed by atoms with van der Waals surface area (Å²) in [5, 5.41) is 47.4. The number of carbonyl (C=O) groups is 1. The Morgan fingerprint density at radius 1 is 0.646 bits per heavy atom. The van der Waals surface area contributed by atoms with Gasteiger partial charge in [0.15, 0.2) is 0 Å². The zero-order valence-corrected chi connectivity index (χ0v) is 25.3. The number of hydrogen-bond donors (Lipinski definition) is 0. The third-order valence-electron chi connectivity index (χ3n) is 6.18. The maximum absolute atomic E-state index is 11.9. The second-order valence-corrected chi connectivity index (χ2v) is 9.30. The van der Waals surface area contributed by atoms with Crippen molar-refractivity contribution in [3.63, 3.8) is 0 Å². The van der Waals surface area contributed by atoms with Crippen LogP contribution in [0.5, 0.6) is 0 Å². The van der Waals surface area contributed by atoms with Gasteiger partial charge in [-0.2, -0.15) is 0 Å². The van der Waals surface area contributed by atoms with E-state index in [9.17, 15) is 40.5 Å². The van der Waals surface area contributed by atoms with Crippen LogP contribution in [0.15, 0.2) is 95.8 Å². The van der Waals surface area contributed by atoms with Gasteiger partial charge in [-0.25, -0.2) is 0 Å². The fraction of sp³-hybridized carbons (Fsp3) is 0.0857. The Labute approximate surface area is 273 Å². The van der Waals surface area contributed by atoms with Crippen LogP contribution < -0.4 is 0 Å². The molecule has 1 aliphatic carbocycles. The minimum Gasteiger partial charge on any atom is -0.304 e. The molecule has 0 radical (unpaired) electrons. The lowest BCUT2D eigenvalue weighted by Gasteiger charge is -2.01. The standard InChI is InChI=1S/C33H18N4O8.C2H4O/c1-2-23-9-6-10-25(12-11-23)14-16-27-20-33(37(44)45)29(22-31(27)35(40)41)18-17-28-21-30(34(38)39)26(19-32(28)36(42)43)15-13-24-7-4-3-5-8-24;1-2-3/h3-8,10-12,19-22H,2H2,1H3;2H,1H3. The molecule has 0 aromatic heterocycles. The number of nitro groups is 4. The second kappa shape index (κ2) is 16.6. The van der Waals surface area contributed by atoms with Crippen LogP contribution in [0, 0.1) is 76.0 Å². The number of rotatable bonds is 5. The van der Waals surface area contributed by atoms with Gasteiger partial charge in [0.05, 0.1) is 19.7 Å². The third-order valence-corrected chi connectivity index (χ3v) is 6.18. The molecular weight excluding hydrogens is 620 g/mol. The monoisotopic (exact) mass is 642 g/mol. The molecule has 0 bridgehead atoms. The number of benzene rings is 3. The first-order chi connectivity index (χ1) is 23.0. The van der Waals surface area contributed by atoms with Crippen molar-refractivity contribution in [2.24, 2.45) is 0 Å². The normalized spacial score (nSPS) is 10.8. The summed E-state index contributed by atoms with van der Waals surface area (Å²) in [6.07, 6.45) is 8.23. The van der Waals surface area contributed by atoms with Gasteiger partial charge in [0.25, 0.3) is 22.7 Å². The van der Waals surface area contributed by atoms with Crippen molar-refractivity contribution >= 4 is 29.0 Å². The minimum absolute atomic E-state index is 0.249. The Kier molecular flexibility index (Phi) is 12.1. The average molecular weight is 643 g/mol. The fourth-order valence-electron chi connectivity index (χ4n) is 3.93. The van der Waals surface area contributed by atoms with E-state index < -0.39 is 53.6 Å². The molecule has 0 saturated carbocycles. The van der Waals surface area contributed by atoms with Gasteiger partial charge in [-0.1, -0.05) is 66.7 Å². The zero-order valence-electron chi connectivity index (χ0n) is 25.3. The van der Waals surface area contributed by atoms with E-state index in [0.717, 1.165) is 42.5 Å². The Balaban J connectivity index is 0.00000201. The lowest BCUT2D eigenvalue weighted by Crippen LogP contribution is -2.00. The highest BCUT2D eigenvalue weighted by atomic mass is 16.6. The van der Waals surface area contributed by atoms with Gasteiger partial charge < -0.3 is 4.79 Å². The minimum atomic E-state index is -0.832. The Bertz CT molecular complexity index is 2160. The molecule has 0 spiro atoms. The summed E-state index contributed by atoms with van der Waals surface area (Å²) in [6, 6.07) is 11.9. The van der Waals surface area contributed by atoms with Crippen LogP contribution in [0.2, 0.25) is 0 Å². The molecule has 236 valence electrons. The van der Waals surface area contributed by atoms with Crippen molar-refractivity contribution in [2.45, 2.75) is 20.3 Å². The van der Waals surface area contributed by atoms with E-state index in [2.05, 4.69) is 41.3 Å². The quantitative estimate of drug-likeness (QED) is 0.0962. The van der Waals surface area contributed by atoms with Gasteiger partial charge in [0.1, 0.15) is 28.5 Å². The molecule has 3 aromatic carbocycles. The lowest BCUT2D eigenvalue weighted by atomic mass is 10.0. The molecule has 48 heavy (non-hydrogen) atoms. The maximum atomic E-state index is 11.9. The highest BCUT2D eigenvalue weighted by molar-refractivity contribution is 5.69. The van der Waals surface area contributed by atoms with Crippen LogP contribution >= 0.6 is 0 Å². The summed E-state index contributed by atoms with van der Waals surface area (Å²) in [7, 11) is 0. The number of hydrogen-bond acceptors (Lipinski definition) is 9. The Morgan fingerprint density at radius 2 is 1.04 bits per heavy atom. The average Bonchev–Trinajstić information content (AvgIpc) is 3.31. The van der Waals surface area contributed by atoms with Crippen molar-refractivity contribution in [1.29, 1.82) is 0 Å². The predicted molar refractivity (Wildman–Crippen MR) is 176 cm³/mol. The second-order valence-electron chi connectivity index (χ2n) is 9.30. The van der Waals surface area contributed by atoms with Gasteiger partial charge in [-0.15, -0.1) is 5.73 Å². The Hall–Kier alpha value is -7.39. The summed E-state index contributed by atoms with van der Waals surface area (Å²) in [5.74, 6) is 15.3. The highest BCUT2D eigenvalue weighted by Gasteiger charge is 2.25. The molecule has 0 fully saturated rings. The third kappa shape index (κ3) is 9.31. The van der Waals surface area contributed by atoms with E-state index in [1.165, 1.54) is 6.92 Å². The number of carbonyl (C=O) groups excluding carboxylic acids is 1. The number of nitrogens with zero attached hydrogens (tertiary/aromatic N) is 4. The van der Waals surface area contributed by atoms with Crippen molar-refractivity contribution in [3.8, 4) is 35.5 Å². The van der Waals surface area contributed by atoms with Crippen molar-refractivity contribution in [3.05, 3.63) is 164 Å². The van der Waals surface area contributed by atoms with Crippen molar-refractivity contribution < 1.29 is 24.5 Å². The van der Waals surface area contributed by atoms with Crippen LogP contribution in [0.25, 0.3) is 0 Å². The van der Waals surface area contributed by atoms with Crippen LogP contribution in [0.4, 0.5) is 22.7 Å². The van der Waals surface area contributed by atoms with Crippen LogP contribution in [0.1, 0.15) is 48.1 Å². The van der Waals surface area contributed by atoms with Crippen molar-refractivity contribution in [1.82, 2.24) is 0 Å². The molecule has 13 heteroatoms. The van der Waals surface area contributed by atoms with E-state index in [4.69, 9.17) is 4.79 Å². The Morgan fingerprint density at radius 3 is 1.44 bits per heavy atom. The first kappa shape index (κ1) is 35.1. The topological polar surface area (TPSA) is 190 Å². The molecule has 3 aromatic rings. The summed E-state index contributed by atoms with van der Waals surface area (Å²) in [4.78, 5) is 53.0. The fourth-order valence-corrected chi connectivity index (χ4v) is 3.93. The zero-order chi connectivity index (χ0) is 35.2. The molecule has 13 nitrogen and oxygen atoms in total. The summed E-state index contributed by atoms with van der Waals surface area (Å²) < 4.78 is 0. The number of aldehydes is 1. The molecule has 0 atom stereocenters. The lowest BCUT2D eigenvalue weighted by molar-refractivity contribution is -0.389. The van der Waals surface area contributed by atoms with E-state index in [-0.39, 0.29) is 11.1 Å². The van der Waals surface area contributed by atoms with Crippen LogP contribution in [0.3, 0.4) is 0 Å². The number of allylic oxidation sites excluding steroid dienone is 5. The molecule has 0 unspecified atom stereocenters. The van der Waals surface area contributed by atoms with E-state index >= 15 is 0 Å². The first-order valence-corrected chi connectivity index (χ1v) is 13.8.